The first kappa shape index (κ1) is 12.1. The highest BCUT2D eigenvalue weighted by atomic mass is 127. The molecule has 0 bridgehead atoms. The molecule has 0 saturated carbocycles. The van der Waals surface area contributed by atoms with Gasteiger partial charge in [0.25, 0.3) is 0 Å². The van der Waals surface area contributed by atoms with Crippen LogP contribution in [0.1, 0.15) is 21.5 Å². The molecule has 0 unspecified atom stereocenters. The van der Waals surface area contributed by atoms with Crippen molar-refractivity contribution in [3.63, 3.8) is 0 Å². The number of hydrogen-bond acceptors (Lipinski definition) is 2. The van der Waals surface area contributed by atoms with Crippen molar-refractivity contribution in [2.24, 2.45) is 0 Å². The molecule has 0 fully saturated rings. The largest absolute Gasteiger partial charge is 0.398 e. The summed E-state index contributed by atoms with van der Waals surface area (Å²) in [6.45, 7) is 1.95. The molecule has 2 N–H and O–H groups in total. The molecule has 0 amide bonds. The first-order valence-electron chi connectivity index (χ1n) is 5.24. The summed E-state index contributed by atoms with van der Waals surface area (Å²) in [4.78, 5) is 12.2. The summed E-state index contributed by atoms with van der Waals surface area (Å²) in [7, 11) is 0. The Labute approximate surface area is 114 Å². The fraction of sp³-hybridized carbons (Fsp3) is 0.0714. The van der Waals surface area contributed by atoms with Crippen molar-refractivity contribution in [1.82, 2.24) is 0 Å². The van der Waals surface area contributed by atoms with Crippen LogP contribution in [0.4, 0.5) is 5.69 Å². The van der Waals surface area contributed by atoms with Gasteiger partial charge in [-0.05, 0) is 65.9 Å². The fourth-order valence-corrected chi connectivity index (χ4v) is 1.98. The highest BCUT2D eigenvalue weighted by molar-refractivity contribution is 14.1. The number of anilines is 1. The monoisotopic (exact) mass is 337 g/mol. The quantitative estimate of drug-likeness (QED) is 0.518. The normalized spacial score (nSPS) is 10.2. The highest BCUT2D eigenvalue weighted by Crippen LogP contribution is 2.18. The standard InChI is InChI=1S/C14H12INO/c1-9-2-7-13(16)12(8-9)14(17)10-3-5-11(15)6-4-10/h2-8H,16H2,1H3. The van der Waals surface area contributed by atoms with Gasteiger partial charge in [-0.15, -0.1) is 0 Å². The molecule has 0 aliphatic carbocycles. The van der Waals surface area contributed by atoms with Crippen LogP contribution in [0.3, 0.4) is 0 Å². The molecule has 0 atom stereocenters. The second-order valence-electron chi connectivity index (χ2n) is 3.93. The molecule has 0 saturated heterocycles. The summed E-state index contributed by atoms with van der Waals surface area (Å²) in [6, 6.07) is 13.0. The van der Waals surface area contributed by atoms with E-state index in [0.717, 1.165) is 9.13 Å². The fourth-order valence-electron chi connectivity index (χ4n) is 1.62. The van der Waals surface area contributed by atoms with E-state index in [9.17, 15) is 4.79 Å². The number of rotatable bonds is 2. The van der Waals surface area contributed by atoms with E-state index < -0.39 is 0 Å². The van der Waals surface area contributed by atoms with Gasteiger partial charge < -0.3 is 5.73 Å². The summed E-state index contributed by atoms with van der Waals surface area (Å²) < 4.78 is 1.11. The Kier molecular flexibility index (Phi) is 3.47. The van der Waals surface area contributed by atoms with Gasteiger partial charge in [0.1, 0.15) is 0 Å². The summed E-state index contributed by atoms with van der Waals surface area (Å²) in [5.74, 6) is -0.0254. The third kappa shape index (κ3) is 2.66. The number of carbonyl (C=O) groups is 1. The molecule has 0 aliphatic rings. The molecule has 0 aliphatic heterocycles. The van der Waals surface area contributed by atoms with Gasteiger partial charge in [0.2, 0.25) is 0 Å². The number of nitrogen functional groups attached to an aromatic ring is 1. The van der Waals surface area contributed by atoms with Gasteiger partial charge in [0.15, 0.2) is 5.78 Å². The van der Waals surface area contributed by atoms with Crippen LogP contribution >= 0.6 is 22.6 Å². The molecule has 2 aromatic carbocycles. The predicted molar refractivity (Wildman–Crippen MR) is 78.2 cm³/mol. The van der Waals surface area contributed by atoms with E-state index in [4.69, 9.17) is 5.73 Å². The molecule has 0 radical (unpaired) electrons. The van der Waals surface area contributed by atoms with Crippen LogP contribution in [0.15, 0.2) is 42.5 Å². The number of halogens is 1. The average Bonchev–Trinajstić information content (AvgIpc) is 2.32. The molecule has 3 heteroatoms. The maximum atomic E-state index is 12.2. The Morgan fingerprint density at radius 2 is 1.76 bits per heavy atom. The van der Waals surface area contributed by atoms with Crippen LogP contribution in [0.25, 0.3) is 0 Å². The van der Waals surface area contributed by atoms with Crippen molar-refractivity contribution in [1.29, 1.82) is 0 Å². The maximum absolute atomic E-state index is 12.2. The van der Waals surface area contributed by atoms with Gasteiger partial charge in [-0.1, -0.05) is 11.6 Å². The number of benzene rings is 2. The zero-order chi connectivity index (χ0) is 12.4. The van der Waals surface area contributed by atoms with E-state index in [0.29, 0.717) is 16.8 Å². The molecule has 0 aromatic heterocycles. The van der Waals surface area contributed by atoms with Crippen molar-refractivity contribution < 1.29 is 4.79 Å². The third-order valence-electron chi connectivity index (χ3n) is 2.56. The van der Waals surface area contributed by atoms with Gasteiger partial charge in [-0.3, -0.25) is 4.79 Å². The lowest BCUT2D eigenvalue weighted by atomic mass is 10.0. The van der Waals surface area contributed by atoms with Crippen molar-refractivity contribution in [3.05, 3.63) is 62.7 Å². The van der Waals surface area contributed by atoms with Crippen LogP contribution < -0.4 is 5.73 Å². The van der Waals surface area contributed by atoms with Gasteiger partial charge in [0, 0.05) is 20.4 Å². The second-order valence-corrected chi connectivity index (χ2v) is 5.17. The van der Waals surface area contributed by atoms with E-state index in [-0.39, 0.29) is 5.78 Å². The molecule has 2 rings (SSSR count). The van der Waals surface area contributed by atoms with Crippen molar-refractivity contribution >= 4 is 34.1 Å². The Morgan fingerprint density at radius 3 is 2.41 bits per heavy atom. The van der Waals surface area contributed by atoms with E-state index in [2.05, 4.69) is 22.6 Å². The Bertz CT molecular complexity index is 561. The Morgan fingerprint density at radius 1 is 1.12 bits per heavy atom. The summed E-state index contributed by atoms with van der Waals surface area (Å²) >= 11 is 2.21. The molecule has 0 spiro atoms. The molecule has 17 heavy (non-hydrogen) atoms. The van der Waals surface area contributed by atoms with Crippen molar-refractivity contribution in [2.45, 2.75) is 6.92 Å². The lowest BCUT2D eigenvalue weighted by Crippen LogP contribution is -2.05. The number of carbonyl (C=O) groups excluding carboxylic acids is 1. The Hall–Kier alpha value is -1.36. The summed E-state index contributed by atoms with van der Waals surface area (Å²) in [5, 5.41) is 0. The van der Waals surface area contributed by atoms with Crippen LogP contribution in [0.5, 0.6) is 0 Å². The van der Waals surface area contributed by atoms with E-state index in [1.165, 1.54) is 0 Å². The molecule has 0 heterocycles. The van der Waals surface area contributed by atoms with E-state index in [1.807, 2.05) is 43.3 Å². The minimum atomic E-state index is -0.0254. The van der Waals surface area contributed by atoms with Gasteiger partial charge in [0.05, 0.1) is 0 Å². The topological polar surface area (TPSA) is 43.1 Å². The molecular formula is C14H12INO. The zero-order valence-electron chi connectivity index (χ0n) is 9.41. The first-order chi connectivity index (χ1) is 8.08. The lowest BCUT2D eigenvalue weighted by molar-refractivity contribution is 0.103. The smallest absolute Gasteiger partial charge is 0.195 e. The van der Waals surface area contributed by atoms with Gasteiger partial charge in [-0.25, -0.2) is 0 Å². The summed E-state index contributed by atoms with van der Waals surface area (Å²) in [6.07, 6.45) is 0. The van der Waals surface area contributed by atoms with E-state index >= 15 is 0 Å². The van der Waals surface area contributed by atoms with Gasteiger partial charge in [-0.2, -0.15) is 0 Å². The molecular weight excluding hydrogens is 325 g/mol. The number of aryl methyl sites for hydroxylation is 1. The molecule has 86 valence electrons. The Balaban J connectivity index is 2.43. The molecule has 2 aromatic rings. The van der Waals surface area contributed by atoms with Crippen molar-refractivity contribution in [3.8, 4) is 0 Å². The van der Waals surface area contributed by atoms with E-state index in [1.54, 1.807) is 6.07 Å². The first-order valence-corrected chi connectivity index (χ1v) is 6.32. The van der Waals surface area contributed by atoms with Crippen LogP contribution in [0.2, 0.25) is 0 Å². The molecule has 2 nitrogen and oxygen atoms in total. The van der Waals surface area contributed by atoms with Crippen molar-refractivity contribution in [2.75, 3.05) is 5.73 Å². The van der Waals surface area contributed by atoms with Crippen LogP contribution in [-0.4, -0.2) is 5.78 Å². The number of hydrogen-bond donors (Lipinski definition) is 1. The van der Waals surface area contributed by atoms with Crippen LogP contribution in [0, 0.1) is 10.5 Å². The number of ketones is 1. The lowest BCUT2D eigenvalue weighted by Gasteiger charge is -2.06. The second kappa shape index (κ2) is 4.87. The number of nitrogens with two attached hydrogens (primary N) is 1. The predicted octanol–water partition coefficient (Wildman–Crippen LogP) is 3.41. The third-order valence-corrected chi connectivity index (χ3v) is 3.28. The van der Waals surface area contributed by atoms with Crippen LogP contribution in [-0.2, 0) is 0 Å². The minimum Gasteiger partial charge on any atom is -0.398 e. The summed E-state index contributed by atoms with van der Waals surface area (Å²) in [5.41, 5.74) is 8.64. The SMILES string of the molecule is Cc1ccc(N)c(C(=O)c2ccc(I)cc2)c1. The maximum Gasteiger partial charge on any atom is 0.195 e. The highest BCUT2D eigenvalue weighted by Gasteiger charge is 2.12. The zero-order valence-corrected chi connectivity index (χ0v) is 11.6. The minimum absolute atomic E-state index is 0.0254. The van der Waals surface area contributed by atoms with Gasteiger partial charge >= 0.3 is 0 Å². The average molecular weight is 337 g/mol.